The normalized spacial score (nSPS) is 34.1. The Hall–Kier alpha value is -0.260. The number of piperidine rings is 1. The Morgan fingerprint density at radius 2 is 1.89 bits per heavy atom. The van der Waals surface area contributed by atoms with Gasteiger partial charge in [0.2, 0.25) is 5.91 Å². The molecular weight excluding hydrogens is 258 g/mol. The highest BCUT2D eigenvalue weighted by Crippen LogP contribution is 2.29. The Labute approximate surface area is 120 Å². The zero-order valence-electron chi connectivity index (χ0n) is 11.6. The number of carbonyl (C=O) groups excluding carboxylic acids is 1. The molecule has 4 nitrogen and oxygen atoms in total. The molecule has 2 unspecified atom stereocenters. The van der Waals surface area contributed by atoms with Gasteiger partial charge < -0.3 is 10.6 Å². The van der Waals surface area contributed by atoms with Crippen molar-refractivity contribution in [3.8, 4) is 0 Å². The number of rotatable bonds is 2. The first-order chi connectivity index (χ1) is 9.24. The van der Waals surface area contributed by atoms with Crippen molar-refractivity contribution in [2.45, 2.75) is 49.4 Å². The molecule has 19 heavy (non-hydrogen) atoms. The van der Waals surface area contributed by atoms with Gasteiger partial charge in [-0.1, -0.05) is 0 Å². The van der Waals surface area contributed by atoms with Crippen molar-refractivity contribution in [3.63, 3.8) is 0 Å². The fourth-order valence-electron chi connectivity index (χ4n) is 3.50. The molecule has 3 aliphatic heterocycles. The summed E-state index contributed by atoms with van der Waals surface area (Å²) in [6.45, 7) is 4.15. The molecule has 2 N–H and O–H groups in total. The van der Waals surface area contributed by atoms with Gasteiger partial charge in [0.15, 0.2) is 0 Å². The fourth-order valence-corrected chi connectivity index (χ4v) is 4.74. The summed E-state index contributed by atoms with van der Waals surface area (Å²) in [6.07, 6.45) is 5.68. The molecule has 3 aliphatic rings. The summed E-state index contributed by atoms with van der Waals surface area (Å²) in [5.74, 6) is 1.57. The van der Waals surface area contributed by atoms with E-state index in [-0.39, 0.29) is 5.25 Å². The van der Waals surface area contributed by atoms with Crippen molar-refractivity contribution in [1.82, 2.24) is 9.80 Å². The van der Waals surface area contributed by atoms with E-state index in [4.69, 9.17) is 5.73 Å². The lowest BCUT2D eigenvalue weighted by atomic mass is 10.0. The number of amides is 1. The monoisotopic (exact) mass is 283 g/mol. The van der Waals surface area contributed by atoms with Crippen LogP contribution in [0.5, 0.6) is 0 Å². The minimum atomic E-state index is 0.258. The van der Waals surface area contributed by atoms with Gasteiger partial charge in [0.25, 0.3) is 0 Å². The van der Waals surface area contributed by atoms with Crippen LogP contribution < -0.4 is 5.73 Å². The van der Waals surface area contributed by atoms with Crippen molar-refractivity contribution in [1.29, 1.82) is 0 Å². The molecule has 108 valence electrons. The second kappa shape index (κ2) is 6.02. The zero-order valence-corrected chi connectivity index (χ0v) is 12.4. The highest BCUT2D eigenvalue weighted by Gasteiger charge is 2.35. The highest BCUT2D eigenvalue weighted by atomic mass is 32.2. The third-order valence-electron chi connectivity index (χ3n) is 4.77. The third kappa shape index (κ3) is 3.09. The summed E-state index contributed by atoms with van der Waals surface area (Å²) in [7, 11) is 0. The van der Waals surface area contributed by atoms with Crippen LogP contribution in [0.1, 0.15) is 32.1 Å². The lowest BCUT2D eigenvalue weighted by Crippen LogP contribution is -2.46. The number of thioether (sulfide) groups is 1. The molecule has 0 spiro atoms. The summed E-state index contributed by atoms with van der Waals surface area (Å²) in [5, 5.41) is 0.258. The van der Waals surface area contributed by atoms with E-state index in [0.29, 0.717) is 18.0 Å². The Morgan fingerprint density at radius 3 is 2.58 bits per heavy atom. The predicted molar refractivity (Wildman–Crippen MR) is 79.2 cm³/mol. The van der Waals surface area contributed by atoms with E-state index in [2.05, 4.69) is 9.80 Å². The van der Waals surface area contributed by atoms with Gasteiger partial charge in [-0.3, -0.25) is 9.69 Å². The van der Waals surface area contributed by atoms with Crippen molar-refractivity contribution in [2.24, 2.45) is 5.73 Å². The van der Waals surface area contributed by atoms with Gasteiger partial charge in [-0.05, 0) is 50.9 Å². The molecule has 0 saturated carbocycles. The average molecular weight is 283 g/mol. The molecule has 1 amide bonds. The first-order valence-corrected chi connectivity index (χ1v) is 8.69. The number of hydrogen-bond acceptors (Lipinski definition) is 4. The smallest absolute Gasteiger partial charge is 0.235 e. The molecule has 3 rings (SSSR count). The molecule has 0 aromatic heterocycles. The van der Waals surface area contributed by atoms with Crippen LogP contribution in [0.4, 0.5) is 0 Å². The standard InChI is InChI=1S/C14H25N3OS/c15-11-3-6-16(7-4-11)12-5-8-17(10-12)14(18)13-2-1-9-19-13/h11-13H,1-10,15H2. The van der Waals surface area contributed by atoms with E-state index in [9.17, 15) is 4.79 Å². The average Bonchev–Trinajstić information content (AvgIpc) is 3.10. The van der Waals surface area contributed by atoms with E-state index in [1.165, 1.54) is 6.42 Å². The Kier molecular flexibility index (Phi) is 4.34. The highest BCUT2D eigenvalue weighted by molar-refractivity contribution is 8.00. The number of likely N-dealkylation sites (tertiary alicyclic amines) is 2. The van der Waals surface area contributed by atoms with Crippen LogP contribution in [0, 0.1) is 0 Å². The van der Waals surface area contributed by atoms with Crippen molar-refractivity contribution < 1.29 is 4.79 Å². The van der Waals surface area contributed by atoms with E-state index >= 15 is 0 Å². The molecule has 3 heterocycles. The fraction of sp³-hybridized carbons (Fsp3) is 0.929. The van der Waals surface area contributed by atoms with E-state index in [1.54, 1.807) is 0 Å². The first kappa shape index (κ1) is 13.7. The van der Waals surface area contributed by atoms with E-state index < -0.39 is 0 Å². The Morgan fingerprint density at radius 1 is 1.11 bits per heavy atom. The second-order valence-corrected chi connectivity index (χ2v) is 7.41. The summed E-state index contributed by atoms with van der Waals surface area (Å²) in [4.78, 5) is 17.1. The number of nitrogens with zero attached hydrogens (tertiary/aromatic N) is 2. The molecule has 5 heteroatoms. The Balaban J connectivity index is 1.50. The van der Waals surface area contributed by atoms with Gasteiger partial charge in [0, 0.05) is 25.2 Å². The maximum atomic E-state index is 12.4. The van der Waals surface area contributed by atoms with Gasteiger partial charge in [0.05, 0.1) is 5.25 Å². The predicted octanol–water partition coefficient (Wildman–Crippen LogP) is 0.906. The molecule has 0 aromatic rings. The summed E-state index contributed by atoms with van der Waals surface area (Å²) >= 11 is 1.85. The minimum Gasteiger partial charge on any atom is -0.340 e. The minimum absolute atomic E-state index is 0.258. The second-order valence-electron chi connectivity index (χ2n) is 6.10. The Bertz CT molecular complexity index is 325. The van der Waals surface area contributed by atoms with Crippen LogP contribution in [0.3, 0.4) is 0 Å². The van der Waals surface area contributed by atoms with Gasteiger partial charge in [-0.15, -0.1) is 11.8 Å². The number of hydrogen-bond donors (Lipinski definition) is 1. The van der Waals surface area contributed by atoms with Gasteiger partial charge in [-0.2, -0.15) is 0 Å². The molecular formula is C14H25N3OS. The topological polar surface area (TPSA) is 49.6 Å². The molecule has 3 fully saturated rings. The van der Waals surface area contributed by atoms with Crippen LogP contribution in [-0.4, -0.2) is 65.0 Å². The van der Waals surface area contributed by atoms with E-state index in [0.717, 1.165) is 57.6 Å². The van der Waals surface area contributed by atoms with Crippen LogP contribution in [0.25, 0.3) is 0 Å². The molecule has 0 bridgehead atoms. The van der Waals surface area contributed by atoms with Crippen molar-refractivity contribution in [3.05, 3.63) is 0 Å². The van der Waals surface area contributed by atoms with Crippen LogP contribution in [0.2, 0.25) is 0 Å². The third-order valence-corrected chi connectivity index (χ3v) is 6.13. The first-order valence-electron chi connectivity index (χ1n) is 7.64. The quantitative estimate of drug-likeness (QED) is 0.818. The summed E-state index contributed by atoms with van der Waals surface area (Å²) in [5.41, 5.74) is 5.96. The molecule has 3 saturated heterocycles. The SMILES string of the molecule is NC1CCN(C2CCN(C(=O)C3CCCS3)C2)CC1. The van der Waals surface area contributed by atoms with Crippen molar-refractivity contribution in [2.75, 3.05) is 31.9 Å². The maximum Gasteiger partial charge on any atom is 0.235 e. The molecule has 0 radical (unpaired) electrons. The number of carbonyl (C=O) groups is 1. The molecule has 0 aromatic carbocycles. The molecule has 2 atom stereocenters. The lowest BCUT2D eigenvalue weighted by molar-refractivity contribution is -0.129. The maximum absolute atomic E-state index is 12.4. The van der Waals surface area contributed by atoms with Gasteiger partial charge in [0.1, 0.15) is 0 Å². The zero-order chi connectivity index (χ0) is 13.2. The summed E-state index contributed by atoms with van der Waals surface area (Å²) in [6, 6.07) is 0.980. The summed E-state index contributed by atoms with van der Waals surface area (Å²) < 4.78 is 0. The lowest BCUT2D eigenvalue weighted by Gasteiger charge is -2.34. The van der Waals surface area contributed by atoms with E-state index in [1.807, 2.05) is 11.8 Å². The largest absolute Gasteiger partial charge is 0.340 e. The van der Waals surface area contributed by atoms with Gasteiger partial charge >= 0.3 is 0 Å². The molecule has 0 aliphatic carbocycles. The van der Waals surface area contributed by atoms with Crippen molar-refractivity contribution >= 4 is 17.7 Å². The van der Waals surface area contributed by atoms with Gasteiger partial charge in [-0.25, -0.2) is 0 Å². The van der Waals surface area contributed by atoms with Crippen LogP contribution >= 0.6 is 11.8 Å². The number of nitrogens with two attached hydrogens (primary N) is 1. The van der Waals surface area contributed by atoms with Crippen LogP contribution in [0.15, 0.2) is 0 Å². The van der Waals surface area contributed by atoms with Crippen LogP contribution in [-0.2, 0) is 4.79 Å².